The van der Waals surface area contributed by atoms with Gasteiger partial charge in [0, 0.05) is 26.1 Å². The molecule has 6 heteroatoms. The average Bonchev–Trinajstić information content (AvgIpc) is 3.03. The number of aliphatic hydroxyl groups is 1. The number of aliphatic hydroxyl groups excluding tert-OH is 1. The Hall–Kier alpha value is -1.07. The van der Waals surface area contributed by atoms with Crippen molar-refractivity contribution in [2.45, 2.75) is 12.3 Å². The summed E-state index contributed by atoms with van der Waals surface area (Å²) in [4.78, 5) is 14.7. The summed E-state index contributed by atoms with van der Waals surface area (Å²) in [6.07, 6.45) is 0.556. The lowest BCUT2D eigenvalue weighted by molar-refractivity contribution is 0.0786. The lowest BCUT2D eigenvalue weighted by Gasteiger charge is -2.24. The van der Waals surface area contributed by atoms with Gasteiger partial charge in [-0.3, -0.25) is 4.79 Å². The number of nitrogens with zero attached hydrogens (tertiary/aromatic N) is 1. The van der Waals surface area contributed by atoms with Crippen molar-refractivity contribution in [3.05, 3.63) is 56.2 Å². The number of benzene rings is 1. The van der Waals surface area contributed by atoms with E-state index in [-0.39, 0.29) is 18.4 Å². The molecule has 1 unspecified atom stereocenters. The van der Waals surface area contributed by atoms with Crippen LogP contribution in [0.3, 0.4) is 0 Å². The van der Waals surface area contributed by atoms with E-state index in [9.17, 15) is 9.90 Å². The van der Waals surface area contributed by atoms with Crippen molar-refractivity contribution in [3.8, 4) is 0 Å². The van der Waals surface area contributed by atoms with Crippen LogP contribution >= 0.6 is 34.5 Å². The molecular formula is C16H17Cl2NO2S. The summed E-state index contributed by atoms with van der Waals surface area (Å²) in [6.45, 7) is 0.557. The zero-order valence-electron chi connectivity index (χ0n) is 12.1. The van der Waals surface area contributed by atoms with Crippen molar-refractivity contribution in [3.63, 3.8) is 0 Å². The summed E-state index contributed by atoms with van der Waals surface area (Å²) in [6, 6.07) is 9.09. The minimum absolute atomic E-state index is 0.00804. The molecule has 0 aliphatic rings. The Balaban J connectivity index is 2.14. The molecule has 0 saturated heterocycles. The van der Waals surface area contributed by atoms with Gasteiger partial charge in [0.25, 0.3) is 5.91 Å². The number of hydrogen-bond donors (Lipinski definition) is 1. The number of likely N-dealkylation sites (N-methyl/N-ethyl adjacent to an activating group) is 1. The largest absolute Gasteiger partial charge is 0.396 e. The van der Waals surface area contributed by atoms with Crippen LogP contribution < -0.4 is 0 Å². The van der Waals surface area contributed by atoms with E-state index in [2.05, 4.69) is 0 Å². The zero-order valence-corrected chi connectivity index (χ0v) is 14.5. The predicted octanol–water partition coefficient (Wildman–Crippen LogP) is 4.29. The summed E-state index contributed by atoms with van der Waals surface area (Å²) < 4.78 is 0. The first-order valence-electron chi connectivity index (χ1n) is 6.87. The maximum Gasteiger partial charge on any atom is 0.263 e. The van der Waals surface area contributed by atoms with Gasteiger partial charge in [0.05, 0.1) is 14.9 Å². The monoisotopic (exact) mass is 357 g/mol. The molecule has 2 aromatic rings. The summed E-state index contributed by atoms with van der Waals surface area (Å²) >= 11 is 13.4. The standard InChI is InChI=1S/C16H17Cl2NO2S/c1-19(16(21)15-3-2-8-22-15)10-12(6-7-20)11-4-5-13(17)14(18)9-11/h2-5,8-9,12,20H,6-7,10H2,1H3. The molecule has 22 heavy (non-hydrogen) atoms. The molecule has 0 spiro atoms. The normalized spacial score (nSPS) is 12.2. The molecule has 118 valence electrons. The molecular weight excluding hydrogens is 341 g/mol. The fourth-order valence-electron chi connectivity index (χ4n) is 2.29. The molecule has 0 bridgehead atoms. The van der Waals surface area contributed by atoms with Crippen molar-refractivity contribution in [2.75, 3.05) is 20.2 Å². The Morgan fingerprint density at radius 2 is 2.09 bits per heavy atom. The van der Waals surface area contributed by atoms with E-state index in [1.165, 1.54) is 11.3 Å². The minimum atomic E-state index is -0.0157. The van der Waals surface area contributed by atoms with Crippen LogP contribution in [0.1, 0.15) is 27.6 Å². The van der Waals surface area contributed by atoms with Gasteiger partial charge in [-0.1, -0.05) is 35.3 Å². The SMILES string of the molecule is CN(CC(CCO)c1ccc(Cl)c(Cl)c1)C(=O)c1cccs1. The van der Waals surface area contributed by atoms with Gasteiger partial charge in [-0.15, -0.1) is 11.3 Å². The van der Waals surface area contributed by atoms with Crippen molar-refractivity contribution < 1.29 is 9.90 Å². The lowest BCUT2D eigenvalue weighted by atomic mass is 9.95. The zero-order chi connectivity index (χ0) is 16.1. The number of rotatable bonds is 6. The Labute approximate surface area is 144 Å². The smallest absolute Gasteiger partial charge is 0.263 e. The molecule has 1 atom stereocenters. The molecule has 1 heterocycles. The first-order valence-corrected chi connectivity index (χ1v) is 8.51. The maximum atomic E-state index is 12.3. The third-order valence-corrected chi connectivity index (χ3v) is 5.06. The van der Waals surface area contributed by atoms with Crippen molar-refractivity contribution in [2.24, 2.45) is 0 Å². The van der Waals surface area contributed by atoms with Crippen LogP contribution in [0.25, 0.3) is 0 Å². The fraction of sp³-hybridized carbons (Fsp3) is 0.312. The molecule has 1 aromatic heterocycles. The van der Waals surface area contributed by atoms with Gasteiger partial charge in [-0.2, -0.15) is 0 Å². The summed E-state index contributed by atoms with van der Waals surface area (Å²) in [5, 5.41) is 12.2. The van der Waals surface area contributed by atoms with Gasteiger partial charge in [0.2, 0.25) is 0 Å². The minimum Gasteiger partial charge on any atom is -0.396 e. The highest BCUT2D eigenvalue weighted by Crippen LogP contribution is 2.29. The average molecular weight is 358 g/mol. The lowest BCUT2D eigenvalue weighted by Crippen LogP contribution is -2.31. The summed E-state index contributed by atoms with van der Waals surface area (Å²) in [5.41, 5.74) is 0.967. The molecule has 2 rings (SSSR count). The molecule has 0 fully saturated rings. The molecule has 0 radical (unpaired) electrons. The highest BCUT2D eigenvalue weighted by molar-refractivity contribution is 7.12. The van der Waals surface area contributed by atoms with Gasteiger partial charge in [-0.05, 0) is 35.6 Å². The van der Waals surface area contributed by atoms with Gasteiger partial charge >= 0.3 is 0 Å². The Bertz CT molecular complexity index is 631. The fourth-order valence-corrected chi connectivity index (χ4v) is 3.31. The van der Waals surface area contributed by atoms with Gasteiger partial charge in [0.1, 0.15) is 0 Å². The molecule has 1 amide bonds. The highest BCUT2D eigenvalue weighted by Gasteiger charge is 2.19. The van der Waals surface area contributed by atoms with E-state index in [4.69, 9.17) is 23.2 Å². The molecule has 0 aliphatic carbocycles. The van der Waals surface area contributed by atoms with E-state index in [1.54, 1.807) is 24.1 Å². The first kappa shape index (κ1) is 17.3. The van der Waals surface area contributed by atoms with Gasteiger partial charge < -0.3 is 10.0 Å². The summed E-state index contributed by atoms with van der Waals surface area (Å²) in [7, 11) is 1.77. The molecule has 1 N–H and O–H groups in total. The van der Waals surface area contributed by atoms with Crippen LogP contribution in [0.2, 0.25) is 10.0 Å². The molecule has 1 aromatic carbocycles. The Kier molecular flexibility index (Phi) is 6.26. The second kappa shape index (κ2) is 7.97. The van der Waals surface area contributed by atoms with Gasteiger partial charge in [0.15, 0.2) is 0 Å². The Morgan fingerprint density at radius 3 is 2.68 bits per heavy atom. The first-order chi connectivity index (χ1) is 10.5. The van der Waals surface area contributed by atoms with Crippen LogP contribution in [0.4, 0.5) is 0 Å². The van der Waals surface area contributed by atoms with E-state index in [0.717, 1.165) is 5.56 Å². The number of carbonyl (C=O) groups is 1. The van der Waals surface area contributed by atoms with Crippen molar-refractivity contribution >= 4 is 40.4 Å². The van der Waals surface area contributed by atoms with Crippen LogP contribution in [0.15, 0.2) is 35.7 Å². The van der Waals surface area contributed by atoms with Crippen LogP contribution in [0, 0.1) is 0 Å². The van der Waals surface area contributed by atoms with E-state index in [0.29, 0.717) is 27.9 Å². The number of hydrogen-bond acceptors (Lipinski definition) is 3. The van der Waals surface area contributed by atoms with Crippen LogP contribution in [0.5, 0.6) is 0 Å². The highest BCUT2D eigenvalue weighted by atomic mass is 35.5. The van der Waals surface area contributed by atoms with Crippen molar-refractivity contribution in [1.82, 2.24) is 4.90 Å². The maximum absolute atomic E-state index is 12.3. The number of carbonyl (C=O) groups excluding carboxylic acids is 1. The topological polar surface area (TPSA) is 40.5 Å². The third kappa shape index (κ3) is 4.23. The molecule has 3 nitrogen and oxygen atoms in total. The predicted molar refractivity (Wildman–Crippen MR) is 92.2 cm³/mol. The second-order valence-corrected chi connectivity index (χ2v) is 6.81. The number of thiophene rings is 1. The quantitative estimate of drug-likeness (QED) is 0.837. The van der Waals surface area contributed by atoms with Gasteiger partial charge in [-0.25, -0.2) is 0 Å². The number of halogens is 2. The third-order valence-electron chi connectivity index (χ3n) is 3.47. The Morgan fingerprint density at radius 1 is 1.32 bits per heavy atom. The van der Waals surface area contributed by atoms with Crippen LogP contribution in [-0.4, -0.2) is 36.1 Å². The van der Waals surface area contributed by atoms with E-state index < -0.39 is 0 Å². The van der Waals surface area contributed by atoms with E-state index >= 15 is 0 Å². The van der Waals surface area contributed by atoms with Crippen molar-refractivity contribution in [1.29, 1.82) is 0 Å². The second-order valence-electron chi connectivity index (χ2n) is 5.05. The summed E-state index contributed by atoms with van der Waals surface area (Å²) in [5.74, 6) is -0.00770. The van der Waals surface area contributed by atoms with E-state index in [1.807, 2.05) is 23.6 Å². The van der Waals surface area contributed by atoms with Crippen LogP contribution in [-0.2, 0) is 0 Å². The molecule has 0 saturated carbocycles. The number of amides is 1. The molecule has 0 aliphatic heterocycles.